The van der Waals surface area contributed by atoms with Gasteiger partial charge in [0.25, 0.3) is 0 Å². The molecule has 2 aliphatic heterocycles. The van der Waals surface area contributed by atoms with Crippen LogP contribution in [0.5, 0.6) is 5.75 Å². The van der Waals surface area contributed by atoms with Crippen molar-refractivity contribution in [1.82, 2.24) is 10.2 Å². The van der Waals surface area contributed by atoms with E-state index in [4.69, 9.17) is 9.47 Å². The monoisotopic (exact) mass is 326 g/mol. The Morgan fingerprint density at radius 2 is 1.95 bits per heavy atom. The molecule has 1 aromatic carbocycles. The molecule has 122 valence electrons. The molecule has 22 heavy (non-hydrogen) atoms. The highest BCUT2D eigenvalue weighted by Crippen LogP contribution is 2.19. The zero-order valence-corrected chi connectivity index (χ0v) is 13.4. The number of carbonyl (C=O) groups is 1. The second kappa shape index (κ2) is 8.36. The van der Waals surface area contributed by atoms with Crippen molar-refractivity contribution in [2.45, 2.75) is 25.0 Å². The molecule has 1 aromatic rings. The molecule has 6 heteroatoms. The van der Waals surface area contributed by atoms with Crippen LogP contribution in [0.4, 0.5) is 0 Å². The van der Waals surface area contributed by atoms with Crippen molar-refractivity contribution in [1.29, 1.82) is 0 Å². The van der Waals surface area contributed by atoms with Gasteiger partial charge in [-0.1, -0.05) is 18.2 Å². The molecule has 0 aromatic heterocycles. The van der Waals surface area contributed by atoms with Crippen LogP contribution in [-0.2, 0) is 9.53 Å². The number of nitrogens with zero attached hydrogens (tertiary/aromatic N) is 1. The third-order valence-corrected chi connectivity index (χ3v) is 4.02. The first-order valence-electron chi connectivity index (χ1n) is 7.64. The van der Waals surface area contributed by atoms with E-state index in [9.17, 15) is 4.79 Å². The van der Waals surface area contributed by atoms with Crippen LogP contribution in [0.15, 0.2) is 30.3 Å². The number of para-hydroxylation sites is 1. The summed E-state index contributed by atoms with van der Waals surface area (Å²) in [7, 11) is 0. The second-order valence-electron chi connectivity index (χ2n) is 5.54. The highest BCUT2D eigenvalue weighted by molar-refractivity contribution is 5.85. The average Bonchev–Trinajstić information content (AvgIpc) is 2.57. The SMILES string of the molecule is Cl.O=C(C1COCCN1)N1CCC(Oc2ccccc2)CC1. The molecule has 0 radical (unpaired) electrons. The van der Waals surface area contributed by atoms with E-state index in [0.717, 1.165) is 38.2 Å². The Kier molecular flexibility index (Phi) is 6.49. The minimum absolute atomic E-state index is 0. The maximum Gasteiger partial charge on any atom is 0.242 e. The van der Waals surface area contributed by atoms with Gasteiger partial charge in [-0.05, 0) is 12.1 Å². The van der Waals surface area contributed by atoms with Crippen molar-refractivity contribution in [3.8, 4) is 5.75 Å². The number of morpholine rings is 1. The minimum atomic E-state index is -0.176. The molecule has 0 spiro atoms. The van der Waals surface area contributed by atoms with Gasteiger partial charge in [-0.25, -0.2) is 0 Å². The molecule has 0 saturated carbocycles. The first-order valence-corrected chi connectivity index (χ1v) is 7.64. The van der Waals surface area contributed by atoms with Crippen molar-refractivity contribution < 1.29 is 14.3 Å². The Bertz CT molecular complexity index is 458. The molecular formula is C16H23ClN2O3. The molecule has 0 bridgehead atoms. The highest BCUT2D eigenvalue weighted by atomic mass is 35.5. The van der Waals surface area contributed by atoms with Gasteiger partial charge in [-0.2, -0.15) is 0 Å². The van der Waals surface area contributed by atoms with Crippen LogP contribution >= 0.6 is 12.4 Å². The lowest BCUT2D eigenvalue weighted by atomic mass is 10.1. The Labute approximate surface area is 137 Å². The normalized spacial score (nSPS) is 22.7. The number of rotatable bonds is 3. The van der Waals surface area contributed by atoms with E-state index < -0.39 is 0 Å². The average molecular weight is 327 g/mol. The van der Waals surface area contributed by atoms with Crippen LogP contribution in [0, 0.1) is 0 Å². The zero-order valence-electron chi connectivity index (χ0n) is 12.6. The van der Waals surface area contributed by atoms with E-state index in [1.807, 2.05) is 35.2 Å². The Morgan fingerprint density at radius 3 is 2.59 bits per heavy atom. The van der Waals surface area contributed by atoms with Gasteiger partial charge in [0, 0.05) is 32.5 Å². The number of likely N-dealkylation sites (tertiary alicyclic amines) is 1. The lowest BCUT2D eigenvalue weighted by Gasteiger charge is -2.35. The summed E-state index contributed by atoms with van der Waals surface area (Å²) in [6.45, 7) is 3.45. The van der Waals surface area contributed by atoms with E-state index in [-0.39, 0.29) is 30.5 Å². The molecule has 1 amide bonds. The molecule has 2 heterocycles. The van der Waals surface area contributed by atoms with E-state index >= 15 is 0 Å². The summed E-state index contributed by atoms with van der Waals surface area (Å²) in [5.74, 6) is 1.07. The first-order chi connectivity index (χ1) is 10.3. The predicted octanol–water partition coefficient (Wildman–Crippen LogP) is 1.47. The van der Waals surface area contributed by atoms with E-state index in [1.54, 1.807) is 0 Å². The van der Waals surface area contributed by atoms with Crippen molar-refractivity contribution >= 4 is 18.3 Å². The number of hydrogen-bond acceptors (Lipinski definition) is 4. The quantitative estimate of drug-likeness (QED) is 0.914. The Hall–Kier alpha value is -1.30. The van der Waals surface area contributed by atoms with Crippen LogP contribution < -0.4 is 10.1 Å². The highest BCUT2D eigenvalue weighted by Gasteiger charge is 2.29. The number of ether oxygens (including phenoxy) is 2. The lowest BCUT2D eigenvalue weighted by Crippen LogP contribution is -2.54. The standard InChI is InChI=1S/C16H22N2O3.ClH/c19-16(15-12-20-11-8-17-15)18-9-6-14(7-10-18)21-13-4-2-1-3-5-13;/h1-5,14-15,17H,6-12H2;1H. The van der Waals surface area contributed by atoms with Gasteiger partial charge >= 0.3 is 0 Å². The van der Waals surface area contributed by atoms with Gasteiger partial charge < -0.3 is 19.7 Å². The topological polar surface area (TPSA) is 50.8 Å². The molecular weight excluding hydrogens is 304 g/mol. The molecule has 1 N–H and O–H groups in total. The van der Waals surface area contributed by atoms with E-state index in [1.165, 1.54) is 0 Å². The molecule has 2 saturated heterocycles. The van der Waals surface area contributed by atoms with Crippen molar-refractivity contribution in [2.75, 3.05) is 32.8 Å². The van der Waals surface area contributed by atoms with Gasteiger partial charge in [0.1, 0.15) is 17.9 Å². The van der Waals surface area contributed by atoms with Crippen molar-refractivity contribution in [3.05, 3.63) is 30.3 Å². The largest absolute Gasteiger partial charge is 0.490 e. The third kappa shape index (κ3) is 4.35. The fourth-order valence-electron chi connectivity index (χ4n) is 2.83. The molecule has 2 aliphatic rings. The van der Waals surface area contributed by atoms with Gasteiger partial charge in [-0.15, -0.1) is 12.4 Å². The lowest BCUT2D eigenvalue weighted by molar-refractivity contribution is -0.138. The van der Waals surface area contributed by atoms with E-state index in [2.05, 4.69) is 5.32 Å². The zero-order chi connectivity index (χ0) is 14.5. The van der Waals surface area contributed by atoms with Crippen LogP contribution in [-0.4, -0.2) is 55.8 Å². The van der Waals surface area contributed by atoms with Crippen molar-refractivity contribution in [2.24, 2.45) is 0 Å². The molecule has 2 fully saturated rings. The predicted molar refractivity (Wildman–Crippen MR) is 86.5 cm³/mol. The smallest absolute Gasteiger partial charge is 0.242 e. The Morgan fingerprint density at radius 1 is 1.23 bits per heavy atom. The first kappa shape index (κ1) is 17.1. The molecule has 0 aliphatic carbocycles. The summed E-state index contributed by atoms with van der Waals surface area (Å²) in [6.07, 6.45) is 1.97. The molecule has 1 unspecified atom stereocenters. The number of halogens is 1. The summed E-state index contributed by atoms with van der Waals surface area (Å²) in [4.78, 5) is 14.3. The fraction of sp³-hybridized carbons (Fsp3) is 0.562. The molecule has 3 rings (SSSR count). The summed E-state index contributed by atoms with van der Waals surface area (Å²) < 4.78 is 11.3. The summed E-state index contributed by atoms with van der Waals surface area (Å²) in [5, 5.41) is 3.22. The Balaban J connectivity index is 0.00000176. The number of hydrogen-bond donors (Lipinski definition) is 1. The van der Waals surface area contributed by atoms with Crippen LogP contribution in [0.3, 0.4) is 0 Å². The number of carbonyl (C=O) groups excluding carboxylic acids is 1. The summed E-state index contributed by atoms with van der Waals surface area (Å²) in [6, 6.07) is 9.70. The molecule has 5 nitrogen and oxygen atoms in total. The maximum absolute atomic E-state index is 12.4. The van der Waals surface area contributed by atoms with Gasteiger partial charge in [0.05, 0.1) is 13.2 Å². The fourth-order valence-corrected chi connectivity index (χ4v) is 2.83. The number of benzene rings is 1. The summed E-state index contributed by atoms with van der Waals surface area (Å²) >= 11 is 0. The van der Waals surface area contributed by atoms with E-state index in [0.29, 0.717) is 13.2 Å². The van der Waals surface area contributed by atoms with Gasteiger partial charge in [0.2, 0.25) is 5.91 Å². The van der Waals surface area contributed by atoms with Crippen molar-refractivity contribution in [3.63, 3.8) is 0 Å². The van der Waals surface area contributed by atoms with Gasteiger partial charge in [-0.3, -0.25) is 4.79 Å². The number of amides is 1. The van der Waals surface area contributed by atoms with Crippen LogP contribution in [0.25, 0.3) is 0 Å². The van der Waals surface area contributed by atoms with Crippen LogP contribution in [0.1, 0.15) is 12.8 Å². The summed E-state index contributed by atoms with van der Waals surface area (Å²) in [5.41, 5.74) is 0. The van der Waals surface area contributed by atoms with Gasteiger partial charge in [0.15, 0.2) is 0 Å². The third-order valence-electron chi connectivity index (χ3n) is 4.02. The molecule has 1 atom stereocenters. The second-order valence-corrected chi connectivity index (χ2v) is 5.54. The van der Waals surface area contributed by atoms with Crippen LogP contribution in [0.2, 0.25) is 0 Å². The maximum atomic E-state index is 12.4. The minimum Gasteiger partial charge on any atom is -0.490 e. The number of piperidine rings is 1. The number of nitrogens with one attached hydrogen (secondary N) is 1.